The molecule has 1 saturated heterocycles. The summed E-state index contributed by atoms with van der Waals surface area (Å²) >= 11 is 0. The van der Waals surface area contributed by atoms with Crippen LogP contribution in [0.15, 0.2) is 79.1 Å². The largest absolute Gasteiger partial charge is 0.381 e. The van der Waals surface area contributed by atoms with E-state index in [1.54, 1.807) is 0 Å². The summed E-state index contributed by atoms with van der Waals surface area (Å²) in [6.45, 7) is 12.0. The first-order chi connectivity index (χ1) is 18.1. The molecule has 192 valence electrons. The second kappa shape index (κ2) is 11.8. The Morgan fingerprint density at radius 3 is 2.43 bits per heavy atom. The molecule has 5 rings (SSSR count). The van der Waals surface area contributed by atoms with Crippen molar-refractivity contribution in [1.82, 2.24) is 19.8 Å². The molecule has 0 bridgehead atoms. The maximum Gasteiger partial charge on any atom is 0.0496 e. The number of hydrogen-bond acceptors (Lipinski definition) is 3. The lowest BCUT2D eigenvalue weighted by molar-refractivity contribution is 0.331. The Kier molecular flexibility index (Phi) is 8.05. The molecule has 0 saturated carbocycles. The molecule has 4 heteroatoms. The topological polar surface area (TPSA) is 33.1 Å². The molecule has 3 heterocycles. The van der Waals surface area contributed by atoms with Gasteiger partial charge in [-0.1, -0.05) is 75.4 Å². The van der Waals surface area contributed by atoms with Gasteiger partial charge in [-0.25, -0.2) is 0 Å². The summed E-state index contributed by atoms with van der Waals surface area (Å²) in [4.78, 5) is 6.90. The molecule has 0 aliphatic carbocycles. The van der Waals surface area contributed by atoms with Crippen LogP contribution in [0.1, 0.15) is 73.9 Å². The minimum atomic E-state index is 0.383. The van der Waals surface area contributed by atoms with Crippen molar-refractivity contribution in [3.8, 4) is 0 Å². The van der Waals surface area contributed by atoms with Crippen molar-refractivity contribution in [2.45, 2.75) is 65.6 Å². The third-order valence-corrected chi connectivity index (χ3v) is 7.39. The van der Waals surface area contributed by atoms with E-state index in [-0.39, 0.29) is 0 Å². The third kappa shape index (κ3) is 5.80. The monoisotopic (exact) mass is 492 g/mol. The Hall–Kier alpha value is -3.37. The summed E-state index contributed by atoms with van der Waals surface area (Å²) < 4.78 is 2.58. The van der Waals surface area contributed by atoms with Crippen LogP contribution in [0.2, 0.25) is 0 Å². The first-order valence-electron chi connectivity index (χ1n) is 13.9. The minimum Gasteiger partial charge on any atom is -0.381 e. The highest BCUT2D eigenvalue weighted by molar-refractivity contribution is 5.95. The van der Waals surface area contributed by atoms with Crippen molar-refractivity contribution in [2.24, 2.45) is 0 Å². The number of allylic oxidation sites excluding steroid dienone is 1. The number of hydrogen-bond donors (Lipinski definition) is 1. The lowest BCUT2D eigenvalue weighted by atomic mass is 9.99. The minimum absolute atomic E-state index is 0.383. The number of fused-ring (bicyclic) bond motifs is 1. The molecule has 0 atom stereocenters. The highest BCUT2D eigenvalue weighted by Gasteiger charge is 2.23. The van der Waals surface area contributed by atoms with Gasteiger partial charge in [0, 0.05) is 59.9 Å². The number of benzene rings is 2. The van der Waals surface area contributed by atoms with Crippen LogP contribution in [0.4, 0.5) is 0 Å². The number of likely N-dealkylation sites (tertiary alicyclic amines) is 1. The molecule has 37 heavy (non-hydrogen) atoms. The Balaban J connectivity index is 1.62. The van der Waals surface area contributed by atoms with Crippen LogP contribution in [0.3, 0.4) is 0 Å². The van der Waals surface area contributed by atoms with Crippen molar-refractivity contribution >= 4 is 16.6 Å². The highest BCUT2D eigenvalue weighted by Crippen LogP contribution is 2.37. The van der Waals surface area contributed by atoms with Crippen molar-refractivity contribution < 1.29 is 0 Å². The standard InChI is InChI=1S/C33H40N4/c1-4-11-30(35-22-28-14-10-17-34-21-28)32-29-16-15-27(23-36-18-8-9-19-36)20-31(29)37(33(32)25(2)3)24-26-12-6-5-7-13-26/h5-7,10-17,20-21,25,35H,4,8-9,18-19,22-24H2,1-3H3/b30-11+. The van der Waals surface area contributed by atoms with Gasteiger partial charge in [0.2, 0.25) is 0 Å². The molecular formula is C33H40N4. The van der Waals surface area contributed by atoms with Crippen LogP contribution in [0.25, 0.3) is 16.6 Å². The van der Waals surface area contributed by atoms with Crippen LogP contribution >= 0.6 is 0 Å². The maximum absolute atomic E-state index is 4.31. The molecule has 0 unspecified atom stereocenters. The summed E-state index contributed by atoms with van der Waals surface area (Å²) in [7, 11) is 0. The number of rotatable bonds is 10. The molecule has 1 fully saturated rings. The predicted octanol–water partition coefficient (Wildman–Crippen LogP) is 7.34. The van der Waals surface area contributed by atoms with Gasteiger partial charge in [-0.15, -0.1) is 0 Å². The van der Waals surface area contributed by atoms with Crippen LogP contribution in [0, 0.1) is 0 Å². The summed E-state index contributed by atoms with van der Waals surface area (Å²) in [6, 6.07) is 22.2. The van der Waals surface area contributed by atoms with Gasteiger partial charge in [0.25, 0.3) is 0 Å². The summed E-state index contributed by atoms with van der Waals surface area (Å²) in [5.41, 5.74) is 9.24. The van der Waals surface area contributed by atoms with Gasteiger partial charge in [-0.3, -0.25) is 9.88 Å². The zero-order valence-corrected chi connectivity index (χ0v) is 22.6. The average molecular weight is 493 g/mol. The zero-order valence-electron chi connectivity index (χ0n) is 22.6. The van der Waals surface area contributed by atoms with E-state index < -0.39 is 0 Å². The first kappa shape index (κ1) is 25.3. The fourth-order valence-electron chi connectivity index (χ4n) is 5.70. The van der Waals surface area contributed by atoms with Crippen molar-refractivity contribution in [3.63, 3.8) is 0 Å². The van der Waals surface area contributed by atoms with E-state index in [0.29, 0.717) is 5.92 Å². The van der Waals surface area contributed by atoms with Gasteiger partial charge in [-0.2, -0.15) is 0 Å². The molecule has 1 aliphatic rings. The van der Waals surface area contributed by atoms with Gasteiger partial charge >= 0.3 is 0 Å². The number of aromatic nitrogens is 2. The molecular weight excluding hydrogens is 452 g/mol. The van der Waals surface area contributed by atoms with Gasteiger partial charge < -0.3 is 9.88 Å². The molecule has 0 radical (unpaired) electrons. The number of nitrogens with zero attached hydrogens (tertiary/aromatic N) is 3. The van der Waals surface area contributed by atoms with E-state index >= 15 is 0 Å². The second-order valence-corrected chi connectivity index (χ2v) is 10.6. The molecule has 1 N–H and O–H groups in total. The smallest absolute Gasteiger partial charge is 0.0496 e. The third-order valence-electron chi connectivity index (χ3n) is 7.39. The van der Waals surface area contributed by atoms with Crippen LogP contribution in [-0.4, -0.2) is 27.5 Å². The molecule has 4 aromatic rings. The Bertz CT molecular complexity index is 1330. The SMILES string of the molecule is CC/C=C(/NCc1cccnc1)c1c(C(C)C)n(Cc2ccccc2)c2cc(CN3CCCC3)ccc12. The average Bonchev–Trinajstić information content (AvgIpc) is 3.54. The zero-order chi connectivity index (χ0) is 25.6. The maximum atomic E-state index is 4.31. The van der Waals surface area contributed by atoms with Crippen molar-refractivity contribution in [3.05, 3.63) is 107 Å². The predicted molar refractivity (Wildman–Crippen MR) is 155 cm³/mol. The van der Waals surface area contributed by atoms with E-state index in [4.69, 9.17) is 0 Å². The van der Waals surface area contributed by atoms with Crippen LogP contribution in [0.5, 0.6) is 0 Å². The molecule has 2 aromatic heterocycles. The van der Waals surface area contributed by atoms with E-state index in [0.717, 1.165) is 26.1 Å². The Labute approximate surface area is 222 Å². The molecule has 0 amide bonds. The fraction of sp³-hybridized carbons (Fsp3) is 0.364. The highest BCUT2D eigenvalue weighted by atomic mass is 15.1. The first-order valence-corrected chi connectivity index (χ1v) is 13.9. The van der Waals surface area contributed by atoms with E-state index in [9.17, 15) is 0 Å². The molecule has 2 aromatic carbocycles. The fourth-order valence-corrected chi connectivity index (χ4v) is 5.70. The molecule has 1 aliphatic heterocycles. The Morgan fingerprint density at radius 1 is 0.946 bits per heavy atom. The van der Waals surface area contributed by atoms with Crippen molar-refractivity contribution in [1.29, 1.82) is 0 Å². The Morgan fingerprint density at radius 2 is 1.73 bits per heavy atom. The van der Waals surface area contributed by atoms with Gasteiger partial charge in [0.1, 0.15) is 0 Å². The van der Waals surface area contributed by atoms with E-state index in [1.165, 1.54) is 70.5 Å². The van der Waals surface area contributed by atoms with Crippen LogP contribution in [-0.2, 0) is 19.6 Å². The second-order valence-electron chi connectivity index (χ2n) is 10.6. The number of pyridine rings is 1. The van der Waals surface area contributed by atoms with Crippen molar-refractivity contribution in [2.75, 3.05) is 13.1 Å². The van der Waals surface area contributed by atoms with E-state index in [2.05, 4.69) is 101 Å². The summed E-state index contributed by atoms with van der Waals surface area (Å²) in [5.74, 6) is 0.383. The van der Waals surface area contributed by atoms with Gasteiger partial charge in [0.05, 0.1) is 0 Å². The number of nitrogens with one attached hydrogen (secondary N) is 1. The van der Waals surface area contributed by atoms with E-state index in [1.807, 2.05) is 18.5 Å². The molecule has 0 spiro atoms. The van der Waals surface area contributed by atoms with Gasteiger partial charge in [0.15, 0.2) is 0 Å². The normalized spacial score (nSPS) is 14.6. The quantitative estimate of drug-likeness (QED) is 0.251. The summed E-state index contributed by atoms with van der Waals surface area (Å²) in [6.07, 6.45) is 9.75. The lowest BCUT2D eigenvalue weighted by Crippen LogP contribution is -2.18. The summed E-state index contributed by atoms with van der Waals surface area (Å²) in [5, 5.41) is 5.13. The van der Waals surface area contributed by atoms with Crippen LogP contribution < -0.4 is 5.32 Å². The molecule has 4 nitrogen and oxygen atoms in total. The van der Waals surface area contributed by atoms with Gasteiger partial charge in [-0.05, 0) is 67.1 Å². The lowest BCUT2D eigenvalue weighted by Gasteiger charge is -2.18.